The minimum absolute atomic E-state index is 0.0271. The van der Waals surface area contributed by atoms with Crippen molar-refractivity contribution in [2.45, 2.75) is 89.9 Å². The maximum absolute atomic E-state index is 13.8. The molecule has 2 heterocycles. The van der Waals surface area contributed by atoms with Crippen LogP contribution in [0.1, 0.15) is 71.9 Å². The highest BCUT2D eigenvalue weighted by Gasteiger charge is 2.36. The Kier molecular flexibility index (Phi) is 9.43. The van der Waals surface area contributed by atoms with Crippen molar-refractivity contribution in [2.75, 3.05) is 13.1 Å². The van der Waals surface area contributed by atoms with Gasteiger partial charge in [-0.25, -0.2) is 9.59 Å². The molecule has 0 unspecified atom stereocenters. The van der Waals surface area contributed by atoms with Crippen LogP contribution in [0.25, 0.3) is 11.0 Å². The summed E-state index contributed by atoms with van der Waals surface area (Å²) in [4.78, 5) is 57.0. The van der Waals surface area contributed by atoms with E-state index in [2.05, 4.69) is 15.6 Å². The zero-order chi connectivity index (χ0) is 30.5. The van der Waals surface area contributed by atoms with Gasteiger partial charge in [0.1, 0.15) is 17.2 Å². The molecule has 0 spiro atoms. The van der Waals surface area contributed by atoms with E-state index in [0.717, 1.165) is 23.0 Å². The number of aromatic amines is 1. The number of amides is 3. The van der Waals surface area contributed by atoms with Crippen LogP contribution in [0.2, 0.25) is 0 Å². The van der Waals surface area contributed by atoms with Crippen molar-refractivity contribution in [3.05, 3.63) is 70.6 Å². The predicted octanol–water partition coefficient (Wildman–Crippen LogP) is 4.30. The van der Waals surface area contributed by atoms with E-state index >= 15 is 0 Å². The highest BCUT2D eigenvalue weighted by Crippen LogP contribution is 2.25. The Labute approximate surface area is 246 Å². The number of rotatable bonds is 9. The Morgan fingerprint density at radius 2 is 1.62 bits per heavy atom. The third-order valence-corrected chi connectivity index (χ3v) is 7.55. The van der Waals surface area contributed by atoms with E-state index in [9.17, 15) is 19.2 Å². The van der Waals surface area contributed by atoms with Gasteiger partial charge in [0.2, 0.25) is 11.8 Å². The normalized spacial score (nSPS) is 15.3. The average Bonchev–Trinajstić information content (AvgIpc) is 3.27. The molecule has 0 bridgehead atoms. The molecule has 0 saturated carbocycles. The lowest BCUT2D eigenvalue weighted by Gasteiger charge is -2.36. The molecule has 226 valence electrons. The van der Waals surface area contributed by atoms with Crippen molar-refractivity contribution in [3.63, 3.8) is 0 Å². The number of fused-ring (bicyclic) bond motifs is 1. The molecule has 2 aromatic carbocycles. The monoisotopic (exact) mass is 577 g/mol. The standard InChI is InChI=1S/C32H43N5O5/c1-31(2,3)42-30(41)35-32(4,5)28(39)33-25(16-11-14-22-12-7-6-8-13-22)27(38)36-20-18-23(19-21-36)37-26-17-10-9-15-24(26)34-29(37)40/h6-10,12-13,15,17,23,25H,11,14,16,18-21H2,1-5H3,(H,33,39)(H,34,40)(H,35,41)/t25-/m1/s1. The summed E-state index contributed by atoms with van der Waals surface area (Å²) in [6.07, 6.45) is 2.47. The maximum Gasteiger partial charge on any atom is 0.408 e. The molecule has 1 atom stereocenters. The highest BCUT2D eigenvalue weighted by atomic mass is 16.6. The third-order valence-electron chi connectivity index (χ3n) is 7.55. The molecule has 42 heavy (non-hydrogen) atoms. The van der Waals surface area contributed by atoms with Gasteiger partial charge in [-0.2, -0.15) is 0 Å². The minimum atomic E-state index is -1.30. The van der Waals surface area contributed by atoms with E-state index in [1.165, 1.54) is 0 Å². The van der Waals surface area contributed by atoms with Crippen LogP contribution in [0, 0.1) is 0 Å². The number of nitrogens with one attached hydrogen (secondary N) is 3. The first-order chi connectivity index (χ1) is 19.8. The number of aryl methyl sites for hydroxylation is 1. The SMILES string of the molecule is CC(C)(C)OC(=O)NC(C)(C)C(=O)N[C@H](CCCc1ccccc1)C(=O)N1CCC(n2c(=O)[nH]c3ccccc32)CC1. The van der Waals surface area contributed by atoms with Gasteiger partial charge in [-0.1, -0.05) is 42.5 Å². The first-order valence-electron chi connectivity index (χ1n) is 14.7. The molecule has 1 fully saturated rings. The number of likely N-dealkylation sites (tertiary alicyclic amines) is 1. The highest BCUT2D eigenvalue weighted by molar-refractivity contribution is 5.93. The summed E-state index contributed by atoms with van der Waals surface area (Å²) < 4.78 is 7.12. The Morgan fingerprint density at radius 3 is 2.29 bits per heavy atom. The van der Waals surface area contributed by atoms with Gasteiger partial charge in [-0.3, -0.25) is 14.2 Å². The number of imidazole rings is 1. The fraction of sp³-hybridized carbons (Fsp3) is 0.500. The van der Waals surface area contributed by atoms with Crippen LogP contribution in [0.3, 0.4) is 0 Å². The van der Waals surface area contributed by atoms with Crippen molar-refractivity contribution < 1.29 is 19.1 Å². The van der Waals surface area contributed by atoms with Crippen LogP contribution in [-0.2, 0) is 20.7 Å². The number of carbonyl (C=O) groups excluding carboxylic acids is 3. The van der Waals surface area contributed by atoms with E-state index in [0.29, 0.717) is 38.8 Å². The molecule has 1 aromatic heterocycles. The quantitative estimate of drug-likeness (QED) is 0.350. The lowest BCUT2D eigenvalue weighted by molar-refractivity contribution is -0.139. The number of H-pyrrole nitrogens is 1. The lowest BCUT2D eigenvalue weighted by Crippen LogP contribution is -2.60. The number of hydrogen-bond acceptors (Lipinski definition) is 5. The summed E-state index contributed by atoms with van der Waals surface area (Å²) in [6.45, 7) is 9.36. The third kappa shape index (κ3) is 7.80. The predicted molar refractivity (Wildman–Crippen MR) is 162 cm³/mol. The molecule has 0 radical (unpaired) electrons. The minimum Gasteiger partial charge on any atom is -0.444 e. The van der Waals surface area contributed by atoms with Crippen LogP contribution >= 0.6 is 0 Å². The summed E-state index contributed by atoms with van der Waals surface area (Å²) >= 11 is 0. The number of alkyl carbamates (subject to hydrolysis) is 1. The summed E-state index contributed by atoms with van der Waals surface area (Å²) in [5.41, 5.74) is 0.655. The van der Waals surface area contributed by atoms with Crippen molar-refractivity contribution >= 4 is 28.9 Å². The average molecular weight is 578 g/mol. The Hall–Kier alpha value is -4.08. The van der Waals surface area contributed by atoms with Gasteiger partial charge < -0.3 is 25.3 Å². The first kappa shape index (κ1) is 30.9. The molecular formula is C32H43N5O5. The number of benzene rings is 2. The summed E-state index contributed by atoms with van der Waals surface area (Å²) in [7, 11) is 0. The van der Waals surface area contributed by atoms with Crippen LogP contribution in [-0.4, -0.2) is 62.6 Å². The zero-order valence-corrected chi connectivity index (χ0v) is 25.2. The Balaban J connectivity index is 1.43. The van der Waals surface area contributed by atoms with Gasteiger partial charge in [0, 0.05) is 19.1 Å². The van der Waals surface area contributed by atoms with E-state index in [-0.39, 0.29) is 17.6 Å². The summed E-state index contributed by atoms with van der Waals surface area (Å²) in [6, 6.07) is 16.8. The maximum atomic E-state index is 13.8. The molecule has 10 heteroatoms. The topological polar surface area (TPSA) is 126 Å². The van der Waals surface area contributed by atoms with Gasteiger partial charge in [0.25, 0.3) is 0 Å². The number of aromatic nitrogens is 2. The number of ether oxygens (including phenoxy) is 1. The second-order valence-electron chi connectivity index (χ2n) is 12.5. The van der Waals surface area contributed by atoms with Crippen molar-refractivity contribution in [3.8, 4) is 0 Å². The molecule has 1 saturated heterocycles. The van der Waals surface area contributed by atoms with Gasteiger partial charge in [-0.15, -0.1) is 0 Å². The largest absolute Gasteiger partial charge is 0.444 e. The molecule has 3 N–H and O–H groups in total. The van der Waals surface area contributed by atoms with Crippen molar-refractivity contribution in [2.24, 2.45) is 0 Å². The van der Waals surface area contributed by atoms with Crippen molar-refractivity contribution in [1.82, 2.24) is 25.1 Å². The summed E-state index contributed by atoms with van der Waals surface area (Å²) in [5.74, 6) is -0.624. The first-order valence-corrected chi connectivity index (χ1v) is 14.7. The number of nitrogens with zero attached hydrogens (tertiary/aromatic N) is 2. The van der Waals surface area contributed by atoms with Gasteiger partial charge in [0.15, 0.2) is 0 Å². The van der Waals surface area contributed by atoms with Crippen LogP contribution in [0.4, 0.5) is 4.79 Å². The van der Waals surface area contributed by atoms with E-state index in [1.54, 1.807) is 44.1 Å². The Bertz CT molecular complexity index is 1450. The number of carbonyl (C=O) groups is 3. The molecule has 10 nitrogen and oxygen atoms in total. The van der Waals surface area contributed by atoms with E-state index < -0.39 is 29.2 Å². The van der Waals surface area contributed by atoms with Crippen LogP contribution in [0.5, 0.6) is 0 Å². The van der Waals surface area contributed by atoms with Crippen LogP contribution < -0.4 is 16.3 Å². The molecule has 1 aliphatic heterocycles. The fourth-order valence-corrected chi connectivity index (χ4v) is 5.37. The molecule has 4 rings (SSSR count). The number of piperidine rings is 1. The van der Waals surface area contributed by atoms with E-state index in [4.69, 9.17) is 4.74 Å². The van der Waals surface area contributed by atoms with Crippen LogP contribution in [0.15, 0.2) is 59.4 Å². The summed E-state index contributed by atoms with van der Waals surface area (Å²) in [5, 5.41) is 5.55. The second kappa shape index (κ2) is 12.8. The lowest BCUT2D eigenvalue weighted by atomic mass is 9.99. The molecule has 3 aromatic rings. The smallest absolute Gasteiger partial charge is 0.408 e. The Morgan fingerprint density at radius 1 is 0.976 bits per heavy atom. The van der Waals surface area contributed by atoms with Gasteiger partial charge >= 0.3 is 11.8 Å². The molecule has 1 aliphatic rings. The number of para-hydroxylation sites is 2. The van der Waals surface area contributed by atoms with Gasteiger partial charge in [-0.05, 0) is 84.4 Å². The zero-order valence-electron chi connectivity index (χ0n) is 25.2. The molecule has 0 aliphatic carbocycles. The fourth-order valence-electron chi connectivity index (χ4n) is 5.37. The molecular weight excluding hydrogens is 534 g/mol. The second-order valence-corrected chi connectivity index (χ2v) is 12.5. The van der Waals surface area contributed by atoms with E-state index in [1.807, 2.05) is 54.6 Å². The van der Waals surface area contributed by atoms with Crippen molar-refractivity contribution in [1.29, 1.82) is 0 Å². The van der Waals surface area contributed by atoms with Gasteiger partial charge in [0.05, 0.1) is 11.0 Å². The number of hydrogen-bond donors (Lipinski definition) is 3. The molecule has 3 amide bonds.